The molecule has 2 rings (SSSR count). The molecule has 1 heterocycles. The molecule has 4 heteroatoms. The summed E-state index contributed by atoms with van der Waals surface area (Å²) in [6, 6.07) is 5.29. The highest BCUT2D eigenvalue weighted by atomic mass is 19.1. The first-order valence-electron chi connectivity index (χ1n) is 7.27. The van der Waals surface area contributed by atoms with Crippen molar-refractivity contribution in [2.24, 2.45) is 0 Å². The van der Waals surface area contributed by atoms with Crippen LogP contribution in [0.4, 0.5) is 4.39 Å². The van der Waals surface area contributed by atoms with E-state index in [2.05, 4.69) is 24.1 Å². The first-order valence-corrected chi connectivity index (χ1v) is 7.27. The number of nitrogens with one attached hydrogen (secondary N) is 1. The van der Waals surface area contributed by atoms with E-state index in [-0.39, 0.29) is 11.4 Å². The Morgan fingerprint density at radius 1 is 1.30 bits per heavy atom. The van der Waals surface area contributed by atoms with Gasteiger partial charge in [0, 0.05) is 31.7 Å². The molecule has 1 aromatic rings. The molecule has 0 atom stereocenters. The SMILES string of the molecule is Cc1cc(CNCC(C)(C)N2CCOCC2)ccc1F. The summed E-state index contributed by atoms with van der Waals surface area (Å²) < 4.78 is 18.6. The smallest absolute Gasteiger partial charge is 0.126 e. The molecule has 1 fully saturated rings. The molecule has 1 aliphatic rings. The Morgan fingerprint density at radius 2 is 2.00 bits per heavy atom. The van der Waals surface area contributed by atoms with Gasteiger partial charge in [0.25, 0.3) is 0 Å². The molecule has 3 nitrogen and oxygen atoms in total. The lowest BCUT2D eigenvalue weighted by Gasteiger charge is -2.41. The van der Waals surface area contributed by atoms with Crippen molar-refractivity contribution in [3.05, 3.63) is 35.1 Å². The summed E-state index contributed by atoms with van der Waals surface area (Å²) in [6.45, 7) is 11.6. The Morgan fingerprint density at radius 3 is 2.65 bits per heavy atom. The van der Waals surface area contributed by atoms with Crippen molar-refractivity contribution in [1.82, 2.24) is 10.2 Å². The molecule has 20 heavy (non-hydrogen) atoms. The third kappa shape index (κ3) is 4.01. The predicted molar refractivity (Wildman–Crippen MR) is 79.3 cm³/mol. The number of nitrogens with zero attached hydrogens (tertiary/aromatic N) is 1. The summed E-state index contributed by atoms with van der Waals surface area (Å²) >= 11 is 0. The van der Waals surface area contributed by atoms with Crippen LogP contribution in [0.1, 0.15) is 25.0 Å². The lowest BCUT2D eigenvalue weighted by Crippen LogP contribution is -2.54. The molecule has 1 saturated heterocycles. The number of halogens is 1. The van der Waals surface area contributed by atoms with Crippen molar-refractivity contribution in [3.8, 4) is 0 Å². The van der Waals surface area contributed by atoms with E-state index < -0.39 is 0 Å². The summed E-state index contributed by atoms with van der Waals surface area (Å²) in [5.41, 5.74) is 1.94. The number of ether oxygens (including phenoxy) is 1. The van der Waals surface area contributed by atoms with Crippen molar-refractivity contribution >= 4 is 0 Å². The maximum atomic E-state index is 13.2. The fourth-order valence-corrected chi connectivity index (χ4v) is 2.61. The molecule has 0 amide bonds. The van der Waals surface area contributed by atoms with Crippen molar-refractivity contribution in [1.29, 1.82) is 0 Å². The molecule has 0 spiro atoms. The fourth-order valence-electron chi connectivity index (χ4n) is 2.61. The van der Waals surface area contributed by atoms with Crippen LogP contribution in [-0.4, -0.2) is 43.3 Å². The zero-order valence-corrected chi connectivity index (χ0v) is 12.7. The van der Waals surface area contributed by atoms with E-state index in [1.54, 1.807) is 13.0 Å². The topological polar surface area (TPSA) is 24.5 Å². The molecule has 0 saturated carbocycles. The second-order valence-corrected chi connectivity index (χ2v) is 6.10. The van der Waals surface area contributed by atoms with E-state index in [0.29, 0.717) is 5.56 Å². The largest absolute Gasteiger partial charge is 0.379 e. The Bertz CT molecular complexity index is 442. The van der Waals surface area contributed by atoms with Gasteiger partial charge in [-0.25, -0.2) is 4.39 Å². The monoisotopic (exact) mass is 280 g/mol. The van der Waals surface area contributed by atoms with Crippen molar-refractivity contribution in [3.63, 3.8) is 0 Å². The van der Waals surface area contributed by atoms with Crippen LogP contribution in [0, 0.1) is 12.7 Å². The molecule has 1 aliphatic heterocycles. The lowest BCUT2D eigenvalue weighted by atomic mass is 10.0. The molecule has 0 aromatic heterocycles. The van der Waals surface area contributed by atoms with Crippen LogP contribution < -0.4 is 5.32 Å². The fraction of sp³-hybridized carbons (Fsp3) is 0.625. The van der Waals surface area contributed by atoms with E-state index in [1.165, 1.54) is 0 Å². The highest BCUT2D eigenvalue weighted by Gasteiger charge is 2.27. The van der Waals surface area contributed by atoms with Gasteiger partial charge in [0.15, 0.2) is 0 Å². The Hall–Kier alpha value is -0.970. The van der Waals surface area contributed by atoms with E-state index in [1.807, 2.05) is 12.1 Å². The van der Waals surface area contributed by atoms with Gasteiger partial charge >= 0.3 is 0 Å². The van der Waals surface area contributed by atoms with Crippen LogP contribution in [-0.2, 0) is 11.3 Å². The highest BCUT2D eigenvalue weighted by Crippen LogP contribution is 2.15. The van der Waals surface area contributed by atoms with Crippen LogP contribution in [0.3, 0.4) is 0 Å². The standard InChI is InChI=1S/C16H25FN2O/c1-13-10-14(4-5-15(13)17)11-18-12-16(2,3)19-6-8-20-9-7-19/h4-5,10,18H,6-9,11-12H2,1-3H3. The van der Waals surface area contributed by atoms with Gasteiger partial charge in [0.2, 0.25) is 0 Å². The van der Waals surface area contributed by atoms with Crippen LogP contribution in [0.2, 0.25) is 0 Å². The lowest BCUT2D eigenvalue weighted by molar-refractivity contribution is -0.00966. The minimum Gasteiger partial charge on any atom is -0.379 e. The van der Waals surface area contributed by atoms with E-state index >= 15 is 0 Å². The molecular weight excluding hydrogens is 255 g/mol. The predicted octanol–water partition coefficient (Wildman–Crippen LogP) is 2.33. The van der Waals surface area contributed by atoms with Crippen LogP contribution >= 0.6 is 0 Å². The van der Waals surface area contributed by atoms with E-state index in [0.717, 1.165) is 45.0 Å². The Balaban J connectivity index is 1.83. The molecule has 0 unspecified atom stereocenters. The van der Waals surface area contributed by atoms with Crippen LogP contribution in [0.15, 0.2) is 18.2 Å². The first-order chi connectivity index (χ1) is 9.49. The van der Waals surface area contributed by atoms with Gasteiger partial charge in [-0.2, -0.15) is 0 Å². The molecule has 0 bridgehead atoms. The quantitative estimate of drug-likeness (QED) is 0.896. The van der Waals surface area contributed by atoms with Crippen molar-refractivity contribution < 1.29 is 9.13 Å². The van der Waals surface area contributed by atoms with E-state index in [9.17, 15) is 4.39 Å². The number of hydrogen-bond acceptors (Lipinski definition) is 3. The van der Waals surface area contributed by atoms with Gasteiger partial charge in [0.1, 0.15) is 5.82 Å². The number of aryl methyl sites for hydroxylation is 1. The summed E-state index contributed by atoms with van der Waals surface area (Å²) in [5, 5.41) is 3.48. The minimum absolute atomic E-state index is 0.110. The Kier molecular flexibility index (Phi) is 5.13. The number of morpholine rings is 1. The average Bonchev–Trinajstić information content (AvgIpc) is 2.44. The second kappa shape index (κ2) is 6.66. The number of rotatable bonds is 5. The third-order valence-electron chi connectivity index (χ3n) is 3.98. The second-order valence-electron chi connectivity index (χ2n) is 6.10. The summed E-state index contributed by atoms with van der Waals surface area (Å²) in [4.78, 5) is 2.46. The van der Waals surface area contributed by atoms with Gasteiger partial charge in [-0.15, -0.1) is 0 Å². The zero-order chi connectivity index (χ0) is 14.6. The van der Waals surface area contributed by atoms with Gasteiger partial charge < -0.3 is 10.1 Å². The number of benzene rings is 1. The summed E-state index contributed by atoms with van der Waals surface area (Å²) in [7, 11) is 0. The molecule has 0 radical (unpaired) electrons. The summed E-state index contributed by atoms with van der Waals surface area (Å²) in [5.74, 6) is -0.137. The normalized spacial score (nSPS) is 17.4. The zero-order valence-electron chi connectivity index (χ0n) is 12.7. The molecular formula is C16H25FN2O. The van der Waals surface area contributed by atoms with Gasteiger partial charge in [-0.3, -0.25) is 4.90 Å². The molecule has 1 aromatic carbocycles. The van der Waals surface area contributed by atoms with Crippen molar-refractivity contribution in [2.45, 2.75) is 32.9 Å². The molecule has 1 N–H and O–H groups in total. The van der Waals surface area contributed by atoms with Gasteiger partial charge in [-0.1, -0.05) is 12.1 Å². The third-order valence-corrected chi connectivity index (χ3v) is 3.98. The highest BCUT2D eigenvalue weighted by molar-refractivity contribution is 5.23. The van der Waals surface area contributed by atoms with Crippen molar-refractivity contribution in [2.75, 3.05) is 32.8 Å². The van der Waals surface area contributed by atoms with Gasteiger partial charge in [0.05, 0.1) is 13.2 Å². The number of hydrogen-bond donors (Lipinski definition) is 1. The molecule has 112 valence electrons. The minimum atomic E-state index is -0.137. The van der Waals surface area contributed by atoms with Crippen LogP contribution in [0.5, 0.6) is 0 Å². The first kappa shape index (κ1) is 15.4. The van der Waals surface area contributed by atoms with Crippen LogP contribution in [0.25, 0.3) is 0 Å². The average molecular weight is 280 g/mol. The maximum absolute atomic E-state index is 13.2. The maximum Gasteiger partial charge on any atom is 0.126 e. The molecule has 0 aliphatic carbocycles. The van der Waals surface area contributed by atoms with E-state index in [4.69, 9.17) is 4.74 Å². The summed E-state index contributed by atoms with van der Waals surface area (Å²) in [6.07, 6.45) is 0. The van der Waals surface area contributed by atoms with Gasteiger partial charge in [-0.05, 0) is 38.0 Å². The Labute approximate surface area is 121 Å².